The first-order valence-corrected chi connectivity index (χ1v) is 18.0. The van der Waals surface area contributed by atoms with Crippen LogP contribution >= 0.6 is 0 Å². The van der Waals surface area contributed by atoms with Gasteiger partial charge in [-0.15, -0.1) is 0 Å². The van der Waals surface area contributed by atoms with Gasteiger partial charge in [-0.05, 0) is 89.8 Å². The predicted octanol–water partition coefficient (Wildman–Crippen LogP) is 5.52. The fraction of sp³-hybridized carbons (Fsp3) is 0.636. The highest BCUT2D eigenvalue weighted by Gasteiger charge is 2.46. The van der Waals surface area contributed by atoms with Crippen LogP contribution in [0.4, 0.5) is 31.9 Å². The molecular formula is C33H44F2N6O5S. The van der Waals surface area contributed by atoms with Crippen LogP contribution in [0.1, 0.15) is 88.2 Å². The number of rotatable bonds is 8. The highest BCUT2D eigenvalue weighted by Crippen LogP contribution is 2.54. The van der Waals surface area contributed by atoms with Crippen molar-refractivity contribution in [1.82, 2.24) is 9.97 Å². The molecule has 256 valence electrons. The lowest BCUT2D eigenvalue weighted by Crippen LogP contribution is -2.44. The van der Waals surface area contributed by atoms with Crippen molar-refractivity contribution in [2.45, 2.75) is 95.8 Å². The molecule has 1 aromatic carbocycles. The number of alkyl halides is 2. The maximum absolute atomic E-state index is 13.8. The first-order chi connectivity index (χ1) is 22.0. The molecule has 14 heteroatoms. The lowest BCUT2D eigenvalue weighted by molar-refractivity contribution is -0.162. The number of nitrogens with zero attached hydrogens (tertiary/aromatic N) is 4. The van der Waals surface area contributed by atoms with Crippen LogP contribution in [-0.2, 0) is 19.6 Å². The standard InChI is InChI=1S/C33H44F2N6O5S/c1-21-17-27(38-30(36-21)41-15-11-33(34,35)12-16-41)37-28(42)25-6-5-23(20-26(25)40-13-9-32(7-8-32)10-14-40)39-47(44,45)24-18-22(19-24)29(43)46-31(2,3)4/h5-6,17,20,22,24,39H,7-16,18-19H2,1-4H3,(H,36,37,38,42). The number of halogens is 2. The molecule has 47 heavy (non-hydrogen) atoms. The molecule has 4 aliphatic rings. The maximum atomic E-state index is 13.8. The van der Waals surface area contributed by atoms with Gasteiger partial charge in [0.15, 0.2) is 0 Å². The van der Waals surface area contributed by atoms with Crippen LogP contribution in [0.2, 0.25) is 0 Å². The number of amides is 1. The van der Waals surface area contributed by atoms with Gasteiger partial charge < -0.3 is 19.9 Å². The summed E-state index contributed by atoms with van der Waals surface area (Å²) >= 11 is 0. The third-order valence-corrected chi connectivity index (χ3v) is 11.5. The number of anilines is 4. The largest absolute Gasteiger partial charge is 0.460 e. The van der Waals surface area contributed by atoms with Crippen molar-refractivity contribution in [3.05, 3.63) is 35.5 Å². The third-order valence-electron chi connectivity index (χ3n) is 9.76. The summed E-state index contributed by atoms with van der Waals surface area (Å²) < 4.78 is 62.2. The number of benzene rings is 1. The van der Waals surface area contributed by atoms with Gasteiger partial charge in [0.05, 0.1) is 28.1 Å². The van der Waals surface area contributed by atoms with Crippen molar-refractivity contribution in [3.8, 4) is 0 Å². The summed E-state index contributed by atoms with van der Waals surface area (Å²) in [7, 11) is -3.80. The smallest absolute Gasteiger partial charge is 0.309 e. The van der Waals surface area contributed by atoms with E-state index in [0.717, 1.165) is 25.9 Å². The molecule has 0 radical (unpaired) electrons. The van der Waals surface area contributed by atoms with Crippen molar-refractivity contribution < 1.29 is 31.5 Å². The third kappa shape index (κ3) is 7.79. The van der Waals surface area contributed by atoms with E-state index in [2.05, 4.69) is 24.9 Å². The normalized spacial score (nSPS) is 23.5. The topological polar surface area (TPSA) is 134 Å². The molecule has 1 spiro atoms. The Balaban J connectivity index is 1.19. The first kappa shape index (κ1) is 33.4. The Labute approximate surface area is 274 Å². The van der Waals surface area contributed by atoms with Gasteiger partial charge in [-0.25, -0.2) is 22.2 Å². The molecule has 2 saturated heterocycles. The molecule has 1 aromatic heterocycles. The number of carbonyl (C=O) groups is 2. The highest BCUT2D eigenvalue weighted by molar-refractivity contribution is 7.93. The molecule has 0 unspecified atom stereocenters. The number of hydrogen-bond acceptors (Lipinski definition) is 9. The minimum Gasteiger partial charge on any atom is -0.460 e. The molecule has 0 atom stereocenters. The second-order valence-corrected chi connectivity index (χ2v) is 16.6. The molecule has 2 aliphatic heterocycles. The first-order valence-electron chi connectivity index (χ1n) is 16.4. The summed E-state index contributed by atoms with van der Waals surface area (Å²) in [5, 5.41) is 2.14. The van der Waals surface area contributed by atoms with Gasteiger partial charge in [0, 0.05) is 50.8 Å². The minimum absolute atomic E-state index is 0.115. The molecule has 2 N–H and O–H groups in total. The maximum Gasteiger partial charge on any atom is 0.309 e. The fourth-order valence-electron chi connectivity index (χ4n) is 6.57. The number of aryl methyl sites for hydroxylation is 1. The van der Waals surface area contributed by atoms with E-state index in [1.807, 2.05) is 0 Å². The van der Waals surface area contributed by atoms with Crippen LogP contribution in [0.15, 0.2) is 24.3 Å². The molecule has 1 amide bonds. The number of carbonyl (C=O) groups excluding carboxylic acids is 2. The van der Waals surface area contributed by atoms with E-state index in [0.29, 0.717) is 28.0 Å². The van der Waals surface area contributed by atoms with E-state index < -0.39 is 38.6 Å². The number of piperidine rings is 2. The summed E-state index contributed by atoms with van der Waals surface area (Å²) in [6.07, 6.45) is 4.23. The van der Waals surface area contributed by atoms with Gasteiger partial charge in [-0.2, -0.15) is 4.98 Å². The van der Waals surface area contributed by atoms with Crippen molar-refractivity contribution in [2.24, 2.45) is 11.3 Å². The summed E-state index contributed by atoms with van der Waals surface area (Å²) in [6.45, 7) is 8.81. The monoisotopic (exact) mass is 674 g/mol. The molecule has 2 saturated carbocycles. The molecule has 3 heterocycles. The predicted molar refractivity (Wildman–Crippen MR) is 176 cm³/mol. The number of ether oxygens (including phenoxy) is 1. The number of nitrogens with one attached hydrogen (secondary N) is 2. The van der Waals surface area contributed by atoms with Crippen molar-refractivity contribution in [1.29, 1.82) is 0 Å². The summed E-state index contributed by atoms with van der Waals surface area (Å²) in [4.78, 5) is 38.9. The molecule has 0 bridgehead atoms. The van der Waals surface area contributed by atoms with E-state index in [9.17, 15) is 26.8 Å². The van der Waals surface area contributed by atoms with E-state index in [1.54, 1.807) is 56.9 Å². The number of hydrogen-bond donors (Lipinski definition) is 2. The average molecular weight is 675 g/mol. The average Bonchev–Trinajstić information content (AvgIpc) is 3.69. The van der Waals surface area contributed by atoms with Crippen LogP contribution in [0.3, 0.4) is 0 Å². The van der Waals surface area contributed by atoms with E-state index in [1.165, 1.54) is 12.8 Å². The zero-order valence-corrected chi connectivity index (χ0v) is 28.3. The molecule has 2 aliphatic carbocycles. The van der Waals surface area contributed by atoms with Crippen LogP contribution in [-0.4, -0.2) is 73.2 Å². The van der Waals surface area contributed by atoms with Gasteiger partial charge in [0.2, 0.25) is 16.0 Å². The molecule has 11 nitrogen and oxygen atoms in total. The zero-order chi connectivity index (χ0) is 33.8. The zero-order valence-electron chi connectivity index (χ0n) is 27.4. The van der Waals surface area contributed by atoms with E-state index in [-0.39, 0.29) is 56.5 Å². The lowest BCUT2D eigenvalue weighted by Gasteiger charge is -2.36. The van der Waals surface area contributed by atoms with Gasteiger partial charge in [0.25, 0.3) is 11.8 Å². The van der Waals surface area contributed by atoms with Crippen LogP contribution in [0.25, 0.3) is 0 Å². The van der Waals surface area contributed by atoms with Gasteiger partial charge in [-0.3, -0.25) is 14.3 Å². The summed E-state index contributed by atoms with van der Waals surface area (Å²) in [5.74, 6) is -3.43. The number of aromatic nitrogens is 2. The Morgan fingerprint density at radius 1 is 0.936 bits per heavy atom. The Morgan fingerprint density at radius 2 is 1.57 bits per heavy atom. The van der Waals surface area contributed by atoms with Crippen molar-refractivity contribution in [3.63, 3.8) is 0 Å². The second-order valence-electron chi connectivity index (χ2n) is 14.7. The Morgan fingerprint density at radius 3 is 2.19 bits per heavy atom. The van der Waals surface area contributed by atoms with Crippen LogP contribution < -0.4 is 19.8 Å². The SMILES string of the molecule is Cc1cc(NC(=O)c2ccc(NS(=O)(=O)C3CC(C(=O)OC(C)(C)C)C3)cc2N2CCC3(CC2)CC3)nc(N2CCC(F)(F)CC2)n1. The number of esters is 1. The van der Waals surface area contributed by atoms with E-state index >= 15 is 0 Å². The Hall–Kier alpha value is -3.55. The molecule has 6 rings (SSSR count). The fourth-order valence-corrected chi connectivity index (χ4v) is 8.16. The van der Waals surface area contributed by atoms with Gasteiger partial charge >= 0.3 is 5.97 Å². The highest BCUT2D eigenvalue weighted by atomic mass is 32.2. The molecular weight excluding hydrogens is 630 g/mol. The Bertz CT molecular complexity index is 1630. The van der Waals surface area contributed by atoms with Crippen molar-refractivity contribution >= 4 is 45.0 Å². The molecule has 2 aromatic rings. The van der Waals surface area contributed by atoms with Crippen LogP contribution in [0, 0.1) is 18.3 Å². The lowest BCUT2D eigenvalue weighted by atomic mass is 9.85. The molecule has 4 fully saturated rings. The second kappa shape index (κ2) is 12.2. The minimum atomic E-state index is -3.80. The quantitative estimate of drug-likeness (QED) is 0.348. The van der Waals surface area contributed by atoms with Crippen molar-refractivity contribution in [2.75, 3.05) is 46.0 Å². The summed E-state index contributed by atoms with van der Waals surface area (Å²) in [6, 6.07) is 6.50. The van der Waals surface area contributed by atoms with Gasteiger partial charge in [-0.1, -0.05) is 0 Å². The van der Waals surface area contributed by atoms with Crippen LogP contribution in [0.5, 0.6) is 0 Å². The summed E-state index contributed by atoms with van der Waals surface area (Å²) in [5.41, 5.74) is 1.65. The van der Waals surface area contributed by atoms with E-state index in [4.69, 9.17) is 4.74 Å². The number of sulfonamides is 1. The van der Waals surface area contributed by atoms with Gasteiger partial charge in [0.1, 0.15) is 11.4 Å². The Kier molecular flexibility index (Phi) is 8.63.